The van der Waals surface area contributed by atoms with E-state index in [2.05, 4.69) is 0 Å². The Hall–Kier alpha value is -1.40. The van der Waals surface area contributed by atoms with Crippen molar-refractivity contribution in [1.29, 1.82) is 0 Å². The Kier molecular flexibility index (Phi) is 5.17. The van der Waals surface area contributed by atoms with Crippen LogP contribution in [0.1, 0.15) is 50.9 Å². The van der Waals surface area contributed by atoms with Crippen molar-refractivity contribution in [3.63, 3.8) is 0 Å². The topological polar surface area (TPSA) is 91.7 Å². The standard InChI is InChI=1S/C15H22O5S/c1-5-6-10(2)15(3,4)14(17)11-7-12(16)9-13(8-11)21(18,19)20/h7-10,16H,5-6H2,1-4H3,(H,18,19,20). The molecule has 0 aliphatic carbocycles. The first kappa shape index (κ1) is 17.7. The first-order valence-electron chi connectivity index (χ1n) is 6.86. The van der Waals surface area contributed by atoms with Crippen molar-refractivity contribution in [2.45, 2.75) is 45.4 Å². The zero-order valence-corrected chi connectivity index (χ0v) is 13.6. The van der Waals surface area contributed by atoms with Gasteiger partial charge in [0.05, 0.1) is 4.90 Å². The highest BCUT2D eigenvalue weighted by Crippen LogP contribution is 2.35. The first-order valence-corrected chi connectivity index (χ1v) is 8.30. The van der Waals surface area contributed by atoms with Gasteiger partial charge in [-0.1, -0.05) is 40.5 Å². The van der Waals surface area contributed by atoms with E-state index in [1.54, 1.807) is 13.8 Å². The normalized spacial score (nSPS) is 14.0. The second-order valence-corrected chi connectivity index (χ2v) is 7.35. The van der Waals surface area contributed by atoms with Crippen LogP contribution < -0.4 is 0 Å². The molecule has 1 unspecified atom stereocenters. The molecular formula is C15H22O5S. The van der Waals surface area contributed by atoms with E-state index < -0.39 is 20.4 Å². The van der Waals surface area contributed by atoms with Crippen LogP contribution in [0.25, 0.3) is 0 Å². The van der Waals surface area contributed by atoms with Crippen LogP contribution in [-0.4, -0.2) is 23.9 Å². The van der Waals surface area contributed by atoms with Crippen molar-refractivity contribution in [2.75, 3.05) is 0 Å². The van der Waals surface area contributed by atoms with E-state index in [4.69, 9.17) is 4.55 Å². The van der Waals surface area contributed by atoms with Crippen LogP contribution in [0.4, 0.5) is 0 Å². The molecule has 21 heavy (non-hydrogen) atoms. The molecule has 118 valence electrons. The van der Waals surface area contributed by atoms with E-state index >= 15 is 0 Å². The Morgan fingerprint density at radius 2 is 1.86 bits per heavy atom. The number of benzene rings is 1. The lowest BCUT2D eigenvalue weighted by atomic mass is 9.72. The van der Waals surface area contributed by atoms with Crippen molar-refractivity contribution in [1.82, 2.24) is 0 Å². The molecule has 0 saturated carbocycles. The fraction of sp³-hybridized carbons (Fsp3) is 0.533. The summed E-state index contributed by atoms with van der Waals surface area (Å²) in [4.78, 5) is 12.1. The molecule has 1 atom stereocenters. The number of carbonyl (C=O) groups is 1. The molecule has 1 rings (SSSR count). The van der Waals surface area contributed by atoms with Crippen LogP contribution >= 0.6 is 0 Å². The molecule has 0 saturated heterocycles. The van der Waals surface area contributed by atoms with Gasteiger partial charge in [-0.15, -0.1) is 0 Å². The van der Waals surface area contributed by atoms with Gasteiger partial charge in [0, 0.05) is 17.0 Å². The summed E-state index contributed by atoms with van der Waals surface area (Å²) in [7, 11) is -4.47. The third-order valence-electron chi connectivity index (χ3n) is 3.99. The maximum atomic E-state index is 12.6. The summed E-state index contributed by atoms with van der Waals surface area (Å²) in [5, 5.41) is 9.59. The first-order chi connectivity index (χ1) is 9.50. The highest BCUT2D eigenvalue weighted by Gasteiger charge is 2.34. The molecule has 6 heteroatoms. The van der Waals surface area contributed by atoms with Crippen LogP contribution in [0.3, 0.4) is 0 Å². The van der Waals surface area contributed by atoms with Gasteiger partial charge in [0.25, 0.3) is 10.1 Å². The number of Topliss-reactive ketones (excluding diaryl/α,β-unsaturated/α-hetero) is 1. The number of ketones is 1. The average Bonchev–Trinajstić information content (AvgIpc) is 2.36. The molecule has 0 aliphatic rings. The zero-order chi connectivity index (χ0) is 16.4. The SMILES string of the molecule is CCCC(C)C(C)(C)C(=O)c1cc(O)cc(S(=O)(=O)O)c1. The summed E-state index contributed by atoms with van der Waals surface area (Å²) >= 11 is 0. The van der Waals surface area contributed by atoms with E-state index in [1.165, 1.54) is 6.07 Å². The molecule has 0 aliphatic heterocycles. The highest BCUT2D eigenvalue weighted by atomic mass is 32.2. The van der Waals surface area contributed by atoms with Crippen LogP contribution in [0.15, 0.2) is 23.1 Å². The highest BCUT2D eigenvalue weighted by molar-refractivity contribution is 7.85. The predicted molar refractivity (Wildman–Crippen MR) is 80.1 cm³/mol. The van der Waals surface area contributed by atoms with Gasteiger partial charge in [-0.25, -0.2) is 0 Å². The predicted octanol–water partition coefficient (Wildman–Crippen LogP) is 3.28. The number of carbonyl (C=O) groups excluding carboxylic acids is 1. The van der Waals surface area contributed by atoms with Gasteiger partial charge < -0.3 is 5.11 Å². The van der Waals surface area contributed by atoms with Crippen molar-refractivity contribution in [2.24, 2.45) is 11.3 Å². The second kappa shape index (κ2) is 6.15. The van der Waals surface area contributed by atoms with Crippen molar-refractivity contribution in [3.05, 3.63) is 23.8 Å². The molecule has 0 spiro atoms. The Morgan fingerprint density at radius 3 is 2.33 bits per heavy atom. The van der Waals surface area contributed by atoms with Crippen LogP contribution in [0.5, 0.6) is 5.75 Å². The fourth-order valence-electron chi connectivity index (χ4n) is 2.25. The van der Waals surface area contributed by atoms with Gasteiger partial charge in [-0.2, -0.15) is 8.42 Å². The Balaban J connectivity index is 3.28. The average molecular weight is 314 g/mol. The number of aromatic hydroxyl groups is 1. The summed E-state index contributed by atoms with van der Waals surface area (Å²) in [6, 6.07) is 3.23. The zero-order valence-electron chi connectivity index (χ0n) is 12.8. The quantitative estimate of drug-likeness (QED) is 0.621. The largest absolute Gasteiger partial charge is 0.508 e. The number of phenols is 1. The van der Waals surface area contributed by atoms with Crippen molar-refractivity contribution >= 4 is 15.9 Å². The van der Waals surface area contributed by atoms with Crippen LogP contribution in [-0.2, 0) is 10.1 Å². The monoisotopic (exact) mass is 314 g/mol. The van der Waals surface area contributed by atoms with Gasteiger partial charge in [-0.05, 0) is 18.1 Å². The molecule has 5 nitrogen and oxygen atoms in total. The van der Waals surface area contributed by atoms with Gasteiger partial charge in [-0.3, -0.25) is 9.35 Å². The summed E-state index contributed by atoms with van der Waals surface area (Å²) < 4.78 is 31.4. The minimum atomic E-state index is -4.47. The molecule has 0 bridgehead atoms. The number of hydrogen-bond acceptors (Lipinski definition) is 4. The van der Waals surface area contributed by atoms with Crippen LogP contribution in [0.2, 0.25) is 0 Å². The molecule has 1 aromatic rings. The number of rotatable bonds is 6. The Labute approximate surface area is 125 Å². The van der Waals surface area contributed by atoms with E-state index in [0.717, 1.165) is 25.0 Å². The number of hydrogen-bond donors (Lipinski definition) is 2. The van der Waals surface area contributed by atoms with E-state index in [9.17, 15) is 18.3 Å². The van der Waals surface area contributed by atoms with E-state index in [-0.39, 0.29) is 23.0 Å². The third kappa shape index (κ3) is 4.04. The lowest BCUT2D eigenvalue weighted by molar-refractivity contribution is 0.0747. The minimum absolute atomic E-state index is 0.0792. The van der Waals surface area contributed by atoms with Crippen LogP contribution in [0, 0.1) is 11.3 Å². The molecule has 2 N–H and O–H groups in total. The van der Waals surface area contributed by atoms with Gasteiger partial charge in [0.2, 0.25) is 0 Å². The second-order valence-electron chi connectivity index (χ2n) is 5.93. The van der Waals surface area contributed by atoms with Gasteiger partial charge >= 0.3 is 0 Å². The van der Waals surface area contributed by atoms with E-state index in [0.29, 0.717) is 0 Å². The molecule has 0 heterocycles. The summed E-state index contributed by atoms with van der Waals surface area (Å²) in [6.45, 7) is 7.59. The molecule has 0 radical (unpaired) electrons. The molecule has 0 aromatic heterocycles. The summed E-state index contributed by atoms with van der Waals surface area (Å²) in [6.07, 6.45) is 1.80. The third-order valence-corrected chi connectivity index (χ3v) is 4.82. The van der Waals surface area contributed by atoms with Gasteiger partial charge in [0.1, 0.15) is 5.75 Å². The molecule has 1 aromatic carbocycles. The number of phenolic OH excluding ortho intramolecular Hbond substituents is 1. The smallest absolute Gasteiger partial charge is 0.294 e. The Morgan fingerprint density at radius 1 is 1.29 bits per heavy atom. The van der Waals surface area contributed by atoms with Gasteiger partial charge in [0.15, 0.2) is 5.78 Å². The summed E-state index contributed by atoms with van der Waals surface area (Å²) in [5.74, 6) is -0.525. The molecule has 0 fully saturated rings. The van der Waals surface area contributed by atoms with Crippen molar-refractivity contribution < 1.29 is 22.9 Å². The maximum Gasteiger partial charge on any atom is 0.294 e. The maximum absolute atomic E-state index is 12.6. The van der Waals surface area contributed by atoms with Crippen molar-refractivity contribution in [3.8, 4) is 5.75 Å². The minimum Gasteiger partial charge on any atom is -0.508 e. The lowest BCUT2D eigenvalue weighted by Crippen LogP contribution is -2.31. The summed E-state index contributed by atoms with van der Waals surface area (Å²) in [5.41, 5.74) is -0.615. The fourth-order valence-corrected chi connectivity index (χ4v) is 2.80. The molecule has 0 amide bonds. The molecular weight excluding hydrogens is 292 g/mol. The lowest BCUT2D eigenvalue weighted by Gasteiger charge is -2.30. The Bertz CT molecular complexity index is 631. The van der Waals surface area contributed by atoms with E-state index in [1.807, 2.05) is 13.8 Å².